The summed E-state index contributed by atoms with van der Waals surface area (Å²) in [5.41, 5.74) is 1.71. The first-order valence-corrected chi connectivity index (χ1v) is 13.0. The first-order valence-electron chi connectivity index (χ1n) is 11.0. The summed E-state index contributed by atoms with van der Waals surface area (Å²) in [4.78, 5) is 17.8. The van der Waals surface area contributed by atoms with Crippen LogP contribution in [0.3, 0.4) is 0 Å². The molecule has 8 heteroatoms. The van der Waals surface area contributed by atoms with Crippen LogP contribution in [0.2, 0.25) is 5.02 Å². The number of aromatic nitrogens is 2. The number of nitrogens with one attached hydrogen (secondary N) is 2. The van der Waals surface area contributed by atoms with Crippen molar-refractivity contribution >= 4 is 50.4 Å². The van der Waals surface area contributed by atoms with Gasteiger partial charge in [0.1, 0.15) is 10.9 Å². The topological polar surface area (TPSA) is 51.4 Å². The molecular weight excluding hydrogens is 460 g/mol. The molecule has 1 amide bonds. The molecule has 1 aliphatic heterocycles. The third kappa shape index (κ3) is 3.99. The van der Waals surface area contributed by atoms with E-state index in [1.54, 1.807) is 16.2 Å². The number of halogens is 1. The average Bonchev–Trinajstić information content (AvgIpc) is 3.56. The highest BCUT2D eigenvalue weighted by molar-refractivity contribution is 7.20. The highest BCUT2D eigenvalue weighted by Crippen LogP contribution is 2.32. The van der Waals surface area contributed by atoms with Crippen molar-refractivity contribution in [2.75, 3.05) is 13.1 Å². The van der Waals surface area contributed by atoms with E-state index in [1.807, 2.05) is 41.9 Å². The van der Waals surface area contributed by atoms with Gasteiger partial charge in [0.2, 0.25) is 0 Å². The van der Waals surface area contributed by atoms with Gasteiger partial charge in [-0.25, -0.2) is 4.68 Å². The lowest BCUT2D eigenvalue weighted by atomic mass is 10.1. The number of hydrogen-bond donors (Lipinski definition) is 2. The molecule has 0 radical (unpaired) electrons. The lowest BCUT2D eigenvalue weighted by Gasteiger charge is -2.29. The molecular formula is C24H26ClN4OS2+. The van der Waals surface area contributed by atoms with Crippen LogP contribution < -0.4 is 10.2 Å². The SMILES string of the molecule is Cc1nn(-c2ccccc2Cl)c2sc(C(=O)N[C@H](C)[C@H](c3cccs3)[NH+]3CCCC3)cc12. The Labute approximate surface area is 200 Å². The molecule has 1 aliphatic rings. The first kappa shape index (κ1) is 21.6. The molecule has 1 saturated heterocycles. The zero-order chi connectivity index (χ0) is 22.2. The summed E-state index contributed by atoms with van der Waals surface area (Å²) < 4.78 is 1.85. The number of carbonyl (C=O) groups is 1. The maximum atomic E-state index is 13.3. The van der Waals surface area contributed by atoms with Gasteiger partial charge in [0.25, 0.3) is 5.91 Å². The van der Waals surface area contributed by atoms with Gasteiger partial charge in [-0.1, -0.05) is 29.8 Å². The van der Waals surface area contributed by atoms with Crippen LogP contribution in [0.15, 0.2) is 47.8 Å². The number of thiophene rings is 2. The minimum atomic E-state index is -0.0241. The number of hydrogen-bond acceptors (Lipinski definition) is 4. The molecule has 1 aromatic carbocycles. The fraction of sp³-hybridized carbons (Fsp3) is 0.333. The van der Waals surface area contributed by atoms with Crippen LogP contribution in [0.1, 0.15) is 46.0 Å². The van der Waals surface area contributed by atoms with Gasteiger partial charge in [-0.3, -0.25) is 4.79 Å². The minimum Gasteiger partial charge on any atom is -0.342 e. The van der Waals surface area contributed by atoms with Gasteiger partial charge in [0.15, 0.2) is 0 Å². The molecule has 2 atom stereocenters. The van der Waals surface area contributed by atoms with Crippen molar-refractivity contribution in [1.82, 2.24) is 15.1 Å². The van der Waals surface area contributed by atoms with Crippen molar-refractivity contribution < 1.29 is 9.69 Å². The van der Waals surface area contributed by atoms with E-state index in [2.05, 4.69) is 34.9 Å². The molecule has 0 spiro atoms. The van der Waals surface area contributed by atoms with Crippen LogP contribution in [0, 0.1) is 6.92 Å². The third-order valence-electron chi connectivity index (χ3n) is 6.24. The molecule has 0 saturated carbocycles. The van der Waals surface area contributed by atoms with Gasteiger partial charge in [-0.15, -0.1) is 22.7 Å². The van der Waals surface area contributed by atoms with Crippen LogP contribution >= 0.6 is 34.3 Å². The minimum absolute atomic E-state index is 0.0241. The van der Waals surface area contributed by atoms with Crippen LogP contribution in [0.4, 0.5) is 0 Å². The maximum absolute atomic E-state index is 13.3. The highest BCUT2D eigenvalue weighted by atomic mass is 35.5. The summed E-state index contributed by atoms with van der Waals surface area (Å²) in [6.07, 6.45) is 2.51. The Bertz CT molecular complexity index is 1240. The second kappa shape index (κ2) is 8.98. The van der Waals surface area contributed by atoms with E-state index in [0.29, 0.717) is 9.90 Å². The standard InChI is InChI=1S/C24H25ClN4OS2/c1-15-17-14-21(32-24(17)29(27-15)19-9-4-3-8-18(19)25)23(30)26-16(2)22(20-10-7-13-31-20)28-11-5-6-12-28/h3-4,7-10,13-14,16,22H,5-6,11-12H2,1-2H3,(H,26,30)/p+1/t16-,22-/m1/s1. The monoisotopic (exact) mass is 485 g/mol. The summed E-state index contributed by atoms with van der Waals surface area (Å²) in [5, 5.41) is 11.7. The number of amides is 1. The fourth-order valence-electron chi connectivity index (χ4n) is 4.72. The molecule has 0 unspecified atom stereocenters. The molecule has 32 heavy (non-hydrogen) atoms. The van der Waals surface area contributed by atoms with Gasteiger partial charge in [-0.2, -0.15) is 5.10 Å². The number of nitrogens with zero attached hydrogens (tertiary/aromatic N) is 2. The van der Waals surface area contributed by atoms with E-state index < -0.39 is 0 Å². The highest BCUT2D eigenvalue weighted by Gasteiger charge is 2.34. The fourth-order valence-corrected chi connectivity index (χ4v) is 7.00. The Hall–Kier alpha value is -2.19. The van der Waals surface area contributed by atoms with Crippen molar-refractivity contribution in [3.8, 4) is 5.69 Å². The van der Waals surface area contributed by atoms with Gasteiger partial charge >= 0.3 is 0 Å². The van der Waals surface area contributed by atoms with Crippen LogP contribution in [0.5, 0.6) is 0 Å². The number of aryl methyl sites for hydroxylation is 1. The quantitative estimate of drug-likeness (QED) is 0.417. The predicted octanol–water partition coefficient (Wildman–Crippen LogP) is 4.65. The van der Waals surface area contributed by atoms with Crippen molar-refractivity contribution in [1.29, 1.82) is 0 Å². The summed E-state index contributed by atoms with van der Waals surface area (Å²) in [7, 11) is 0. The molecule has 5 rings (SSSR count). The van der Waals surface area contributed by atoms with Crippen molar-refractivity contribution in [3.05, 3.63) is 68.3 Å². The molecule has 4 aromatic rings. The van der Waals surface area contributed by atoms with Crippen molar-refractivity contribution in [2.24, 2.45) is 0 Å². The smallest absolute Gasteiger partial charge is 0.261 e. The van der Waals surface area contributed by atoms with Crippen LogP contribution in [-0.2, 0) is 0 Å². The van der Waals surface area contributed by atoms with Crippen molar-refractivity contribution in [2.45, 2.75) is 38.8 Å². The zero-order valence-electron chi connectivity index (χ0n) is 18.1. The van der Waals surface area contributed by atoms with Gasteiger partial charge in [0, 0.05) is 18.2 Å². The number of rotatable bonds is 6. The second-order valence-electron chi connectivity index (χ2n) is 8.40. The summed E-state index contributed by atoms with van der Waals surface area (Å²) in [5.74, 6) is -0.0241. The number of fused-ring (bicyclic) bond motifs is 1. The molecule has 2 N–H and O–H groups in total. The number of quaternary nitrogens is 1. The van der Waals surface area contributed by atoms with Gasteiger partial charge in [-0.05, 0) is 43.5 Å². The van der Waals surface area contributed by atoms with Crippen LogP contribution in [-0.4, -0.2) is 34.8 Å². The molecule has 5 nitrogen and oxygen atoms in total. The van der Waals surface area contributed by atoms with E-state index >= 15 is 0 Å². The molecule has 3 aromatic heterocycles. The zero-order valence-corrected chi connectivity index (χ0v) is 20.5. The second-order valence-corrected chi connectivity index (χ2v) is 10.8. The first-order chi connectivity index (χ1) is 15.5. The molecule has 1 fully saturated rings. The van der Waals surface area contributed by atoms with E-state index in [-0.39, 0.29) is 18.0 Å². The van der Waals surface area contributed by atoms with E-state index in [9.17, 15) is 4.79 Å². The largest absolute Gasteiger partial charge is 0.342 e. The Morgan fingerprint density at radius 2 is 2.00 bits per heavy atom. The van der Waals surface area contributed by atoms with Crippen LogP contribution in [0.25, 0.3) is 15.9 Å². The Morgan fingerprint density at radius 1 is 1.22 bits per heavy atom. The summed E-state index contributed by atoms with van der Waals surface area (Å²) >= 11 is 9.66. The molecule has 166 valence electrons. The Morgan fingerprint density at radius 3 is 2.72 bits per heavy atom. The van der Waals surface area contributed by atoms with E-state index in [0.717, 1.165) is 21.6 Å². The predicted molar refractivity (Wildman–Crippen MR) is 133 cm³/mol. The normalized spacial score (nSPS) is 16.5. The molecule has 4 heterocycles. The Balaban J connectivity index is 1.42. The molecule has 0 aliphatic carbocycles. The Kier molecular flexibility index (Phi) is 6.07. The summed E-state index contributed by atoms with van der Waals surface area (Å²) in [6, 6.07) is 14.2. The molecule has 0 bridgehead atoms. The van der Waals surface area contributed by atoms with Gasteiger partial charge in [0.05, 0.1) is 45.3 Å². The van der Waals surface area contributed by atoms with Gasteiger partial charge < -0.3 is 10.2 Å². The number of para-hydroxylation sites is 1. The maximum Gasteiger partial charge on any atom is 0.261 e. The van der Waals surface area contributed by atoms with E-state index in [4.69, 9.17) is 11.6 Å². The third-order valence-corrected chi connectivity index (χ3v) is 8.63. The lowest BCUT2D eigenvalue weighted by Crippen LogP contribution is -3.11. The van der Waals surface area contributed by atoms with E-state index in [1.165, 1.54) is 42.1 Å². The van der Waals surface area contributed by atoms with Crippen molar-refractivity contribution in [3.63, 3.8) is 0 Å². The average molecular weight is 486 g/mol. The lowest BCUT2D eigenvalue weighted by molar-refractivity contribution is -0.920. The number of carbonyl (C=O) groups excluding carboxylic acids is 1. The summed E-state index contributed by atoms with van der Waals surface area (Å²) in [6.45, 7) is 6.44. The number of likely N-dealkylation sites (tertiary alicyclic amines) is 1. The number of benzene rings is 1.